The Morgan fingerprint density at radius 2 is 1.83 bits per heavy atom. The molecule has 30 heavy (non-hydrogen) atoms. The monoisotopic (exact) mass is 399 g/mol. The summed E-state index contributed by atoms with van der Waals surface area (Å²) in [6.07, 6.45) is 5.13. The number of benzene rings is 3. The van der Waals surface area contributed by atoms with Crippen molar-refractivity contribution in [1.82, 2.24) is 4.90 Å². The number of phenolic OH excluding ortho intramolecular Hbond substituents is 1. The number of rotatable bonds is 6. The van der Waals surface area contributed by atoms with Crippen LogP contribution >= 0.6 is 0 Å². The minimum Gasteiger partial charge on any atom is -0.504 e. The lowest BCUT2D eigenvalue weighted by molar-refractivity contribution is 0.227. The van der Waals surface area contributed by atoms with E-state index >= 15 is 0 Å². The van der Waals surface area contributed by atoms with Crippen LogP contribution < -0.4 is 4.74 Å². The van der Waals surface area contributed by atoms with E-state index in [1.807, 2.05) is 6.07 Å². The summed E-state index contributed by atoms with van der Waals surface area (Å²) in [6.45, 7) is 1.71. The van der Waals surface area contributed by atoms with Crippen LogP contribution in [0.1, 0.15) is 41.1 Å². The van der Waals surface area contributed by atoms with Crippen molar-refractivity contribution in [1.29, 1.82) is 0 Å². The quantitative estimate of drug-likeness (QED) is 0.552. The molecule has 3 aromatic carbocycles. The van der Waals surface area contributed by atoms with Crippen LogP contribution in [-0.4, -0.2) is 30.2 Å². The lowest BCUT2D eigenvalue weighted by Crippen LogP contribution is -2.35. The highest BCUT2D eigenvalue weighted by Crippen LogP contribution is 2.50. The molecule has 0 unspecified atom stereocenters. The maximum Gasteiger partial charge on any atom is 0.165 e. The molecule has 154 valence electrons. The first-order chi connectivity index (χ1) is 14.7. The summed E-state index contributed by atoms with van der Waals surface area (Å²) < 4.78 is 6.01. The Morgan fingerprint density at radius 1 is 0.967 bits per heavy atom. The van der Waals surface area contributed by atoms with Crippen LogP contribution in [0.3, 0.4) is 0 Å². The fourth-order valence-corrected chi connectivity index (χ4v) is 5.04. The summed E-state index contributed by atoms with van der Waals surface area (Å²) in [4.78, 5) is 2.45. The molecule has 0 spiro atoms. The number of unbranched alkanes of at least 4 members (excludes halogenated alkanes) is 1. The predicted octanol–water partition coefficient (Wildman–Crippen LogP) is 5.55. The van der Waals surface area contributed by atoms with E-state index in [0.717, 1.165) is 44.2 Å². The van der Waals surface area contributed by atoms with Gasteiger partial charge in [-0.2, -0.15) is 0 Å². The van der Waals surface area contributed by atoms with E-state index in [1.165, 1.54) is 27.8 Å². The van der Waals surface area contributed by atoms with Gasteiger partial charge in [0.2, 0.25) is 0 Å². The predicted molar refractivity (Wildman–Crippen MR) is 121 cm³/mol. The largest absolute Gasteiger partial charge is 0.504 e. The Labute approximate surface area is 178 Å². The van der Waals surface area contributed by atoms with Gasteiger partial charge in [-0.25, -0.2) is 0 Å². The van der Waals surface area contributed by atoms with Crippen LogP contribution in [0.5, 0.6) is 11.5 Å². The maximum atomic E-state index is 11.1. The number of hydrogen-bond donors (Lipinski definition) is 1. The molecular formula is C27H29NO2. The first kappa shape index (κ1) is 19.2. The first-order valence-electron chi connectivity index (χ1n) is 11.1. The fraction of sp³-hybridized carbons (Fsp3) is 0.333. The third kappa shape index (κ3) is 3.48. The summed E-state index contributed by atoms with van der Waals surface area (Å²) in [5.74, 6) is 0.907. The first-order valence-corrected chi connectivity index (χ1v) is 11.1. The molecule has 0 saturated carbocycles. The van der Waals surface area contributed by atoms with Gasteiger partial charge in [0.25, 0.3) is 0 Å². The third-order valence-electron chi connectivity index (χ3n) is 6.67. The van der Waals surface area contributed by atoms with Gasteiger partial charge in [-0.15, -0.1) is 0 Å². The number of fused-ring (bicyclic) bond motifs is 2. The second-order valence-electron chi connectivity index (χ2n) is 8.57. The molecule has 0 fully saturated rings. The molecule has 1 atom stereocenters. The fourth-order valence-electron chi connectivity index (χ4n) is 5.04. The van der Waals surface area contributed by atoms with Crippen molar-refractivity contribution < 1.29 is 9.84 Å². The van der Waals surface area contributed by atoms with E-state index in [1.54, 1.807) is 0 Å². The third-order valence-corrected chi connectivity index (χ3v) is 6.67. The van der Waals surface area contributed by atoms with E-state index in [2.05, 4.69) is 66.5 Å². The van der Waals surface area contributed by atoms with Gasteiger partial charge in [0.05, 0.1) is 6.61 Å². The molecule has 0 amide bonds. The van der Waals surface area contributed by atoms with Crippen molar-refractivity contribution in [3.8, 4) is 22.6 Å². The number of ether oxygens (including phenoxy) is 1. The van der Waals surface area contributed by atoms with E-state index in [-0.39, 0.29) is 0 Å². The van der Waals surface area contributed by atoms with Gasteiger partial charge in [-0.3, -0.25) is 4.90 Å². The molecule has 1 aliphatic carbocycles. The van der Waals surface area contributed by atoms with Crippen LogP contribution in [0, 0.1) is 0 Å². The molecule has 5 rings (SSSR count). The topological polar surface area (TPSA) is 32.7 Å². The molecule has 0 bridgehead atoms. The van der Waals surface area contributed by atoms with Crippen molar-refractivity contribution in [2.45, 2.75) is 38.1 Å². The van der Waals surface area contributed by atoms with Crippen molar-refractivity contribution >= 4 is 0 Å². The Morgan fingerprint density at radius 3 is 2.70 bits per heavy atom. The zero-order valence-electron chi connectivity index (χ0n) is 17.6. The number of likely N-dealkylation sites (N-methyl/N-ethyl adjacent to an activating group) is 1. The van der Waals surface area contributed by atoms with E-state index in [4.69, 9.17) is 4.74 Å². The normalized spacial score (nSPS) is 17.3. The Kier molecular flexibility index (Phi) is 5.22. The zero-order valence-corrected chi connectivity index (χ0v) is 17.6. The van der Waals surface area contributed by atoms with Crippen molar-refractivity contribution in [2.75, 3.05) is 20.2 Å². The van der Waals surface area contributed by atoms with Gasteiger partial charge in [-0.1, -0.05) is 54.6 Å². The smallest absolute Gasteiger partial charge is 0.165 e. The van der Waals surface area contributed by atoms with E-state index in [0.29, 0.717) is 24.1 Å². The van der Waals surface area contributed by atoms with Crippen molar-refractivity contribution in [2.24, 2.45) is 0 Å². The average Bonchev–Trinajstić information content (AvgIpc) is 2.78. The summed E-state index contributed by atoms with van der Waals surface area (Å²) in [5.41, 5.74) is 7.55. The molecule has 3 aromatic rings. The van der Waals surface area contributed by atoms with E-state index in [9.17, 15) is 5.11 Å². The van der Waals surface area contributed by atoms with Crippen LogP contribution in [0.25, 0.3) is 11.1 Å². The van der Waals surface area contributed by atoms with Gasteiger partial charge < -0.3 is 9.84 Å². The minimum absolute atomic E-state index is 0.302. The van der Waals surface area contributed by atoms with Crippen LogP contribution in [0.4, 0.5) is 0 Å². The lowest BCUT2D eigenvalue weighted by atomic mass is 9.77. The summed E-state index contributed by atoms with van der Waals surface area (Å²) >= 11 is 0. The number of aryl methyl sites for hydroxylation is 1. The highest BCUT2D eigenvalue weighted by atomic mass is 16.5. The molecule has 1 N–H and O–H groups in total. The van der Waals surface area contributed by atoms with E-state index < -0.39 is 0 Å². The number of aromatic hydroxyl groups is 1. The highest BCUT2D eigenvalue weighted by molar-refractivity contribution is 5.82. The molecule has 3 nitrogen and oxygen atoms in total. The molecule has 1 heterocycles. The molecule has 0 aromatic heterocycles. The summed E-state index contributed by atoms with van der Waals surface area (Å²) in [6, 6.07) is 21.6. The number of phenols is 1. The van der Waals surface area contributed by atoms with Crippen molar-refractivity contribution in [3.05, 3.63) is 82.9 Å². The molecule has 1 aliphatic heterocycles. The average molecular weight is 400 g/mol. The SMILES string of the molecule is CN1CCc2cccc3c2[C@H]1Cc1ccc(OCCCCc2ccccc2)c(O)c1-3. The summed E-state index contributed by atoms with van der Waals surface area (Å²) in [5, 5.41) is 11.1. The number of nitrogens with zero attached hydrogens (tertiary/aromatic N) is 1. The molecule has 0 radical (unpaired) electrons. The van der Waals surface area contributed by atoms with Gasteiger partial charge >= 0.3 is 0 Å². The maximum absolute atomic E-state index is 11.1. The standard InChI is InChI=1S/C27H29NO2/c1-28-16-15-20-11-7-12-22-25(20)23(28)18-21-13-14-24(27(29)26(21)22)30-17-6-5-10-19-8-3-2-4-9-19/h2-4,7-9,11-14,23,29H,5-6,10,15-18H2,1H3/t23-/m1/s1. The lowest BCUT2D eigenvalue weighted by Gasteiger charge is -2.40. The van der Waals surface area contributed by atoms with Crippen LogP contribution in [-0.2, 0) is 19.3 Å². The number of hydrogen-bond acceptors (Lipinski definition) is 3. The molecular weight excluding hydrogens is 370 g/mol. The Bertz CT molecular complexity index is 1040. The Hall–Kier alpha value is -2.78. The van der Waals surface area contributed by atoms with Gasteiger partial charge in [0.15, 0.2) is 11.5 Å². The van der Waals surface area contributed by atoms with Crippen LogP contribution in [0.2, 0.25) is 0 Å². The minimum atomic E-state index is 0.302. The van der Waals surface area contributed by atoms with Crippen molar-refractivity contribution in [3.63, 3.8) is 0 Å². The zero-order chi connectivity index (χ0) is 20.5. The highest BCUT2D eigenvalue weighted by Gasteiger charge is 2.34. The molecule has 3 heteroatoms. The van der Waals surface area contributed by atoms with Gasteiger partial charge in [0.1, 0.15) is 0 Å². The second kappa shape index (κ2) is 8.16. The second-order valence-corrected chi connectivity index (χ2v) is 8.57. The molecule has 0 saturated heterocycles. The Balaban J connectivity index is 1.33. The van der Waals surface area contributed by atoms with Gasteiger partial charge in [-0.05, 0) is 73.0 Å². The summed E-state index contributed by atoms with van der Waals surface area (Å²) in [7, 11) is 2.21. The molecule has 2 aliphatic rings. The van der Waals surface area contributed by atoms with Gasteiger partial charge in [0, 0.05) is 18.2 Å². The van der Waals surface area contributed by atoms with Crippen LogP contribution in [0.15, 0.2) is 60.7 Å².